The zero-order chi connectivity index (χ0) is 15.6. The number of aliphatic hydroxyl groups excluding tert-OH is 1. The van der Waals surface area contributed by atoms with E-state index in [0.29, 0.717) is 40.7 Å². The van der Waals surface area contributed by atoms with Crippen LogP contribution in [0.4, 0.5) is 8.78 Å². The number of benzene rings is 1. The van der Waals surface area contributed by atoms with Crippen molar-refractivity contribution in [1.29, 1.82) is 0 Å². The number of phenolic OH excluding ortho intramolecular Hbond substituents is 1. The van der Waals surface area contributed by atoms with Crippen molar-refractivity contribution in [3.63, 3.8) is 0 Å². The van der Waals surface area contributed by atoms with Crippen molar-refractivity contribution >= 4 is 31.9 Å². The van der Waals surface area contributed by atoms with Gasteiger partial charge in [-0.25, -0.2) is 8.78 Å². The maximum absolute atomic E-state index is 14.2. The van der Waals surface area contributed by atoms with Crippen molar-refractivity contribution in [1.82, 2.24) is 10.2 Å². The maximum atomic E-state index is 14.2. The molecule has 0 saturated carbocycles. The van der Waals surface area contributed by atoms with E-state index in [1.165, 1.54) is 12.1 Å². The van der Waals surface area contributed by atoms with Crippen LogP contribution in [0.15, 0.2) is 21.1 Å². The summed E-state index contributed by atoms with van der Waals surface area (Å²) in [6.45, 7) is 0.960. The fourth-order valence-corrected chi connectivity index (χ4v) is 3.71. The topological polar surface area (TPSA) is 55.7 Å². The molecule has 8 heteroatoms. The van der Waals surface area contributed by atoms with Crippen LogP contribution < -0.4 is 5.32 Å². The normalized spacial score (nSPS) is 18.7. The van der Waals surface area contributed by atoms with Gasteiger partial charge in [-0.15, -0.1) is 0 Å². The van der Waals surface area contributed by atoms with Gasteiger partial charge in [0.1, 0.15) is 18.4 Å². The molecule has 3 N–H and O–H groups in total. The van der Waals surface area contributed by atoms with Gasteiger partial charge in [-0.3, -0.25) is 4.90 Å². The standard InChI is InChI=1S/C13H16Br2F2N2O2/c14-9-5-8(6-10(15)11(9)21)12(13(16,17)7-20)19-3-1-18-2-4-19/h5-6,12,18,20-21H,1-4,7H2/t12-/m0/s1. The summed E-state index contributed by atoms with van der Waals surface area (Å²) < 4.78 is 29.2. The molecular weight excluding hydrogens is 414 g/mol. The molecule has 1 aromatic carbocycles. The van der Waals surface area contributed by atoms with Gasteiger partial charge >= 0.3 is 0 Å². The molecule has 0 bridgehead atoms. The molecule has 0 amide bonds. The first-order valence-corrected chi connectivity index (χ1v) is 8.07. The van der Waals surface area contributed by atoms with Crippen LogP contribution in [0.1, 0.15) is 11.6 Å². The Labute approximate surface area is 138 Å². The Morgan fingerprint density at radius 2 is 1.76 bits per heavy atom. The first-order chi connectivity index (χ1) is 9.86. The fraction of sp³-hybridized carbons (Fsp3) is 0.538. The number of hydrogen-bond donors (Lipinski definition) is 3. The molecule has 0 aromatic heterocycles. The van der Waals surface area contributed by atoms with Crippen molar-refractivity contribution in [2.45, 2.75) is 12.0 Å². The Balaban J connectivity index is 2.44. The summed E-state index contributed by atoms with van der Waals surface area (Å²) in [5.41, 5.74) is 0.340. The van der Waals surface area contributed by atoms with E-state index >= 15 is 0 Å². The minimum absolute atomic E-state index is 0.0369. The Morgan fingerprint density at radius 3 is 2.24 bits per heavy atom. The third kappa shape index (κ3) is 3.73. The quantitative estimate of drug-likeness (QED) is 0.688. The van der Waals surface area contributed by atoms with E-state index in [1.54, 1.807) is 4.90 Å². The number of piperazine rings is 1. The van der Waals surface area contributed by atoms with Gasteiger partial charge in [-0.05, 0) is 49.6 Å². The molecule has 1 heterocycles. The summed E-state index contributed by atoms with van der Waals surface area (Å²) >= 11 is 6.32. The van der Waals surface area contributed by atoms with Gasteiger partial charge in [-0.1, -0.05) is 0 Å². The van der Waals surface area contributed by atoms with Crippen LogP contribution in [-0.2, 0) is 0 Å². The summed E-state index contributed by atoms with van der Waals surface area (Å²) in [7, 11) is 0. The number of halogens is 4. The molecule has 1 atom stereocenters. The zero-order valence-corrected chi connectivity index (χ0v) is 14.3. The van der Waals surface area contributed by atoms with E-state index in [0.717, 1.165) is 0 Å². The molecule has 1 aliphatic heterocycles. The van der Waals surface area contributed by atoms with Crippen LogP contribution in [0.3, 0.4) is 0 Å². The summed E-state index contributed by atoms with van der Waals surface area (Å²) in [4.78, 5) is 1.65. The fourth-order valence-electron chi connectivity index (χ4n) is 2.49. The van der Waals surface area contributed by atoms with Crippen molar-refractivity contribution in [2.24, 2.45) is 0 Å². The number of phenols is 1. The molecule has 1 aromatic rings. The smallest absolute Gasteiger partial charge is 0.289 e. The van der Waals surface area contributed by atoms with Crippen molar-refractivity contribution in [3.8, 4) is 5.75 Å². The third-order valence-corrected chi connectivity index (χ3v) is 4.69. The number of aromatic hydroxyl groups is 1. The van der Waals surface area contributed by atoms with Gasteiger partial charge in [0.2, 0.25) is 0 Å². The lowest BCUT2D eigenvalue weighted by atomic mass is 9.98. The lowest BCUT2D eigenvalue weighted by Gasteiger charge is -2.39. The van der Waals surface area contributed by atoms with Crippen molar-refractivity contribution in [2.75, 3.05) is 32.8 Å². The van der Waals surface area contributed by atoms with E-state index < -0.39 is 18.6 Å². The van der Waals surface area contributed by atoms with Crippen LogP contribution in [0.5, 0.6) is 5.75 Å². The molecule has 4 nitrogen and oxygen atoms in total. The van der Waals surface area contributed by atoms with Crippen LogP contribution in [-0.4, -0.2) is 53.8 Å². The summed E-state index contributed by atoms with van der Waals surface area (Å²) in [5, 5.41) is 21.9. The molecule has 0 spiro atoms. The van der Waals surface area contributed by atoms with Gasteiger partial charge in [0.05, 0.1) is 8.95 Å². The molecule has 118 valence electrons. The second kappa shape index (κ2) is 6.87. The number of rotatable bonds is 4. The molecule has 2 rings (SSSR count). The van der Waals surface area contributed by atoms with Gasteiger partial charge in [0.25, 0.3) is 5.92 Å². The molecule has 0 radical (unpaired) electrons. The van der Waals surface area contributed by atoms with Crippen LogP contribution in [0, 0.1) is 0 Å². The highest BCUT2D eigenvalue weighted by molar-refractivity contribution is 9.11. The average Bonchev–Trinajstić information content (AvgIpc) is 2.46. The minimum atomic E-state index is -3.27. The number of alkyl halides is 2. The lowest BCUT2D eigenvalue weighted by molar-refractivity contribution is -0.118. The molecule has 0 aliphatic carbocycles. The Morgan fingerprint density at radius 1 is 1.24 bits per heavy atom. The first-order valence-electron chi connectivity index (χ1n) is 6.48. The Bertz CT molecular complexity index is 488. The van der Waals surface area contributed by atoms with Gasteiger partial charge in [-0.2, -0.15) is 0 Å². The minimum Gasteiger partial charge on any atom is -0.506 e. The van der Waals surface area contributed by atoms with Crippen LogP contribution >= 0.6 is 31.9 Å². The molecule has 0 unspecified atom stereocenters. The van der Waals surface area contributed by atoms with Crippen LogP contribution in [0.25, 0.3) is 0 Å². The van der Waals surface area contributed by atoms with E-state index in [2.05, 4.69) is 37.2 Å². The van der Waals surface area contributed by atoms with E-state index in [-0.39, 0.29) is 5.75 Å². The summed E-state index contributed by atoms with van der Waals surface area (Å²) in [6, 6.07) is 1.70. The number of nitrogens with one attached hydrogen (secondary N) is 1. The number of nitrogens with zero attached hydrogens (tertiary/aromatic N) is 1. The number of aliphatic hydroxyl groups is 1. The summed E-state index contributed by atoms with van der Waals surface area (Å²) in [5.74, 6) is -3.31. The molecule has 21 heavy (non-hydrogen) atoms. The predicted octanol–water partition coefficient (Wildman–Crippen LogP) is 2.49. The van der Waals surface area contributed by atoms with Crippen LogP contribution in [0.2, 0.25) is 0 Å². The molecular formula is C13H16Br2F2N2O2. The van der Waals surface area contributed by atoms with E-state index in [1.807, 2.05) is 0 Å². The van der Waals surface area contributed by atoms with Gasteiger partial charge in [0, 0.05) is 26.2 Å². The molecule has 1 fully saturated rings. The van der Waals surface area contributed by atoms with Crippen molar-refractivity contribution in [3.05, 3.63) is 26.6 Å². The van der Waals surface area contributed by atoms with E-state index in [9.17, 15) is 13.9 Å². The summed E-state index contributed by atoms with van der Waals surface area (Å²) in [6.07, 6.45) is 0. The second-order valence-corrected chi connectivity index (χ2v) is 6.65. The van der Waals surface area contributed by atoms with Gasteiger partial charge in [0.15, 0.2) is 0 Å². The average molecular weight is 430 g/mol. The Hall–Kier alpha value is -0.280. The number of hydrogen-bond acceptors (Lipinski definition) is 4. The second-order valence-electron chi connectivity index (χ2n) is 4.94. The molecule has 1 aliphatic rings. The van der Waals surface area contributed by atoms with Crippen molar-refractivity contribution < 1.29 is 19.0 Å². The molecule has 1 saturated heterocycles. The first kappa shape index (κ1) is 17.1. The monoisotopic (exact) mass is 428 g/mol. The third-order valence-electron chi connectivity index (χ3n) is 3.48. The highest BCUT2D eigenvalue weighted by Gasteiger charge is 2.44. The van der Waals surface area contributed by atoms with Gasteiger partial charge < -0.3 is 15.5 Å². The van der Waals surface area contributed by atoms with E-state index in [4.69, 9.17) is 5.11 Å². The maximum Gasteiger partial charge on any atom is 0.289 e. The Kier molecular flexibility index (Phi) is 5.59. The SMILES string of the molecule is OCC(F)(F)[C@H](c1cc(Br)c(O)c(Br)c1)N1CCNCC1. The largest absolute Gasteiger partial charge is 0.506 e. The predicted molar refractivity (Wildman–Crippen MR) is 82.7 cm³/mol. The highest BCUT2D eigenvalue weighted by Crippen LogP contribution is 2.41. The lowest BCUT2D eigenvalue weighted by Crippen LogP contribution is -2.51. The highest BCUT2D eigenvalue weighted by atomic mass is 79.9. The zero-order valence-electron chi connectivity index (χ0n) is 11.1.